The lowest BCUT2D eigenvalue weighted by atomic mass is 9.78. The Labute approximate surface area is 154 Å². The van der Waals surface area contributed by atoms with Crippen LogP contribution in [-0.4, -0.2) is 13.0 Å². The van der Waals surface area contributed by atoms with E-state index in [4.69, 9.17) is 0 Å². The molecule has 1 aromatic carbocycles. The van der Waals surface area contributed by atoms with Gasteiger partial charge in [0.2, 0.25) is 0 Å². The van der Waals surface area contributed by atoms with Crippen molar-refractivity contribution < 1.29 is 13.0 Å². The number of benzene rings is 1. The summed E-state index contributed by atoms with van der Waals surface area (Å²) in [6, 6.07) is 4.91. The molecule has 0 aromatic heterocycles. The van der Waals surface area contributed by atoms with E-state index in [1.54, 1.807) is 12.1 Å². The molecule has 1 aliphatic carbocycles. The Morgan fingerprint density at radius 3 is 2.16 bits per heavy atom. The predicted molar refractivity (Wildman–Crippen MR) is 104 cm³/mol. The van der Waals surface area contributed by atoms with E-state index < -0.39 is 10.1 Å². The first-order chi connectivity index (χ1) is 11.9. The van der Waals surface area contributed by atoms with Crippen molar-refractivity contribution >= 4 is 10.1 Å². The largest absolute Gasteiger partial charge is 0.294 e. The third-order valence-corrected chi connectivity index (χ3v) is 6.71. The summed E-state index contributed by atoms with van der Waals surface area (Å²) >= 11 is 0. The second kappa shape index (κ2) is 9.72. The molecular formula is C21H34O3S. The summed E-state index contributed by atoms with van der Waals surface area (Å²) in [5.74, 6) is 1.80. The van der Waals surface area contributed by atoms with Crippen LogP contribution < -0.4 is 0 Å². The smallest absolute Gasteiger partial charge is 0.282 e. The van der Waals surface area contributed by atoms with Gasteiger partial charge < -0.3 is 0 Å². The fourth-order valence-electron chi connectivity index (χ4n) is 4.15. The van der Waals surface area contributed by atoms with Crippen molar-refractivity contribution in [1.82, 2.24) is 0 Å². The fraction of sp³-hybridized carbons (Fsp3) is 0.714. The van der Waals surface area contributed by atoms with Gasteiger partial charge in [-0.3, -0.25) is 4.55 Å². The molecule has 0 heterocycles. The van der Waals surface area contributed by atoms with Gasteiger partial charge in [0.25, 0.3) is 10.1 Å². The number of hydrogen-bond donors (Lipinski definition) is 1. The molecule has 0 bridgehead atoms. The molecule has 2 rings (SSSR count). The van der Waals surface area contributed by atoms with Gasteiger partial charge in [0.1, 0.15) is 0 Å². The van der Waals surface area contributed by atoms with Crippen LogP contribution in [0.15, 0.2) is 23.1 Å². The van der Waals surface area contributed by atoms with E-state index in [0.29, 0.717) is 0 Å². The lowest BCUT2D eigenvalue weighted by Gasteiger charge is -2.28. The van der Waals surface area contributed by atoms with Crippen LogP contribution in [0.2, 0.25) is 0 Å². The monoisotopic (exact) mass is 366 g/mol. The van der Waals surface area contributed by atoms with Gasteiger partial charge in [-0.2, -0.15) is 8.42 Å². The summed E-state index contributed by atoms with van der Waals surface area (Å²) in [6.07, 6.45) is 14.2. The number of aryl methyl sites for hydroxylation is 2. The summed E-state index contributed by atoms with van der Waals surface area (Å²) in [4.78, 5) is 0.0145. The van der Waals surface area contributed by atoms with E-state index in [9.17, 15) is 13.0 Å². The van der Waals surface area contributed by atoms with E-state index in [0.717, 1.165) is 35.8 Å². The second-order valence-corrected chi connectivity index (χ2v) is 9.26. The van der Waals surface area contributed by atoms with Gasteiger partial charge in [-0.1, -0.05) is 70.8 Å². The Bertz CT molecular complexity index is 629. The van der Waals surface area contributed by atoms with Crippen molar-refractivity contribution in [1.29, 1.82) is 0 Å². The maximum atomic E-state index is 11.3. The van der Waals surface area contributed by atoms with Gasteiger partial charge >= 0.3 is 0 Å². The SMILES string of the molecule is CCCCCC1CCC(CCCc2cc(S(=O)(=O)O)ccc2C)CC1. The van der Waals surface area contributed by atoms with Crippen LogP contribution in [0, 0.1) is 18.8 Å². The molecule has 0 atom stereocenters. The Morgan fingerprint density at radius 2 is 1.60 bits per heavy atom. The zero-order valence-electron chi connectivity index (χ0n) is 15.8. The molecule has 1 aliphatic rings. The molecule has 1 saturated carbocycles. The molecule has 0 aliphatic heterocycles. The Hall–Kier alpha value is -0.870. The molecule has 4 heteroatoms. The predicted octanol–water partition coefficient (Wildman–Crippen LogP) is 5.95. The highest BCUT2D eigenvalue weighted by molar-refractivity contribution is 7.85. The van der Waals surface area contributed by atoms with Crippen LogP contribution in [0.3, 0.4) is 0 Å². The van der Waals surface area contributed by atoms with Gasteiger partial charge in [0.15, 0.2) is 0 Å². The lowest BCUT2D eigenvalue weighted by Crippen LogP contribution is -2.14. The minimum Gasteiger partial charge on any atom is -0.282 e. The Kier molecular flexibility index (Phi) is 7.95. The fourth-order valence-corrected chi connectivity index (χ4v) is 4.68. The van der Waals surface area contributed by atoms with Gasteiger partial charge in [-0.15, -0.1) is 0 Å². The van der Waals surface area contributed by atoms with E-state index in [1.165, 1.54) is 63.9 Å². The van der Waals surface area contributed by atoms with Crippen LogP contribution in [-0.2, 0) is 16.5 Å². The van der Waals surface area contributed by atoms with Gasteiger partial charge in [0.05, 0.1) is 4.90 Å². The highest BCUT2D eigenvalue weighted by Crippen LogP contribution is 2.34. The number of rotatable bonds is 9. The normalized spacial score (nSPS) is 21.4. The highest BCUT2D eigenvalue weighted by Gasteiger charge is 2.20. The minimum absolute atomic E-state index is 0.0145. The average Bonchev–Trinajstić information content (AvgIpc) is 2.57. The number of unbranched alkanes of at least 4 members (excludes halogenated alkanes) is 2. The quantitative estimate of drug-likeness (QED) is 0.434. The molecule has 1 N–H and O–H groups in total. The topological polar surface area (TPSA) is 54.4 Å². The molecule has 1 aromatic rings. The molecule has 142 valence electrons. The van der Waals surface area contributed by atoms with Crippen molar-refractivity contribution in [3.05, 3.63) is 29.3 Å². The van der Waals surface area contributed by atoms with Crippen molar-refractivity contribution in [3.63, 3.8) is 0 Å². The van der Waals surface area contributed by atoms with Crippen molar-refractivity contribution in [2.75, 3.05) is 0 Å². The van der Waals surface area contributed by atoms with Crippen molar-refractivity contribution in [3.8, 4) is 0 Å². The standard InChI is InChI=1S/C21H34O3S/c1-3-4-5-7-18-11-13-19(14-12-18)8-6-9-20-16-21(25(22,23)24)15-10-17(20)2/h10,15-16,18-19H,3-9,11-14H2,1-2H3,(H,22,23,24). The molecule has 0 spiro atoms. The van der Waals surface area contributed by atoms with Crippen molar-refractivity contribution in [2.45, 2.75) is 89.4 Å². The van der Waals surface area contributed by atoms with Gasteiger partial charge in [-0.05, 0) is 54.9 Å². The van der Waals surface area contributed by atoms with Crippen LogP contribution in [0.4, 0.5) is 0 Å². The Morgan fingerprint density at radius 1 is 1.00 bits per heavy atom. The maximum absolute atomic E-state index is 11.3. The van der Waals surface area contributed by atoms with Crippen LogP contribution >= 0.6 is 0 Å². The van der Waals surface area contributed by atoms with E-state index in [-0.39, 0.29) is 4.90 Å². The third kappa shape index (κ3) is 6.74. The first-order valence-corrected chi connectivity index (χ1v) is 11.4. The first kappa shape index (κ1) is 20.4. The molecule has 0 saturated heterocycles. The zero-order chi connectivity index (χ0) is 18.3. The number of hydrogen-bond acceptors (Lipinski definition) is 2. The average molecular weight is 367 g/mol. The minimum atomic E-state index is -4.10. The van der Waals surface area contributed by atoms with Crippen molar-refractivity contribution in [2.24, 2.45) is 11.8 Å². The summed E-state index contributed by atoms with van der Waals surface area (Å²) in [5, 5.41) is 0. The third-order valence-electron chi connectivity index (χ3n) is 5.86. The molecular weight excluding hydrogens is 332 g/mol. The summed E-state index contributed by atoms with van der Waals surface area (Å²) in [5.41, 5.74) is 2.15. The molecule has 0 radical (unpaired) electrons. The molecule has 0 amide bonds. The van der Waals surface area contributed by atoms with Gasteiger partial charge in [-0.25, -0.2) is 0 Å². The zero-order valence-corrected chi connectivity index (χ0v) is 16.7. The molecule has 0 unspecified atom stereocenters. The van der Waals surface area contributed by atoms with Crippen LogP contribution in [0.5, 0.6) is 0 Å². The second-order valence-electron chi connectivity index (χ2n) is 7.84. The molecule has 1 fully saturated rings. The highest BCUT2D eigenvalue weighted by atomic mass is 32.2. The summed E-state index contributed by atoms with van der Waals surface area (Å²) in [6.45, 7) is 4.27. The first-order valence-electron chi connectivity index (χ1n) is 9.97. The summed E-state index contributed by atoms with van der Waals surface area (Å²) < 4.78 is 31.8. The van der Waals surface area contributed by atoms with Gasteiger partial charge in [0, 0.05) is 0 Å². The lowest BCUT2D eigenvalue weighted by molar-refractivity contribution is 0.246. The van der Waals surface area contributed by atoms with E-state index in [1.807, 2.05) is 6.92 Å². The van der Waals surface area contributed by atoms with E-state index >= 15 is 0 Å². The van der Waals surface area contributed by atoms with E-state index in [2.05, 4.69) is 6.92 Å². The Balaban J connectivity index is 1.75. The maximum Gasteiger partial charge on any atom is 0.294 e. The van der Waals surface area contributed by atoms with Crippen LogP contribution in [0.1, 0.15) is 82.3 Å². The molecule has 3 nitrogen and oxygen atoms in total. The van der Waals surface area contributed by atoms with Crippen LogP contribution in [0.25, 0.3) is 0 Å². The molecule has 25 heavy (non-hydrogen) atoms. The summed E-state index contributed by atoms with van der Waals surface area (Å²) in [7, 11) is -4.10.